The largest absolute Gasteiger partial charge is 0.366 e. The number of Topliss-reactive ketones (excluding diaryl/α,β-unsaturated/α-hetero) is 1. The second-order valence-corrected chi connectivity index (χ2v) is 4.97. The fraction of sp³-hybridized carbons (Fsp3) is 0.312. The molecule has 0 radical (unpaired) electrons. The van der Waals surface area contributed by atoms with Crippen LogP contribution in [0.2, 0.25) is 0 Å². The lowest BCUT2D eigenvalue weighted by atomic mass is 10.0. The number of primary amides is 1. The van der Waals surface area contributed by atoms with Crippen molar-refractivity contribution >= 4 is 11.7 Å². The Morgan fingerprint density at radius 1 is 1.24 bits per heavy atom. The number of aryl methyl sites for hydroxylation is 1. The van der Waals surface area contributed by atoms with Gasteiger partial charge in [0.15, 0.2) is 11.5 Å². The lowest BCUT2D eigenvalue weighted by molar-refractivity contribution is 0.0995. The molecule has 0 spiro atoms. The number of rotatable bonds is 6. The van der Waals surface area contributed by atoms with Gasteiger partial charge in [0.2, 0.25) is 5.91 Å². The van der Waals surface area contributed by atoms with Crippen molar-refractivity contribution in [3.63, 3.8) is 0 Å². The summed E-state index contributed by atoms with van der Waals surface area (Å²) in [5, 5.41) is 4.00. The predicted octanol–water partition coefficient (Wildman–Crippen LogP) is 2.52. The summed E-state index contributed by atoms with van der Waals surface area (Å²) in [4.78, 5) is 22.8. The molecule has 1 amide bonds. The van der Waals surface area contributed by atoms with Gasteiger partial charge in [-0.1, -0.05) is 30.6 Å². The van der Waals surface area contributed by atoms with Crippen LogP contribution in [0.4, 0.5) is 0 Å². The van der Waals surface area contributed by atoms with E-state index >= 15 is 0 Å². The molecule has 0 fully saturated rings. The third-order valence-corrected chi connectivity index (χ3v) is 3.28. The van der Waals surface area contributed by atoms with Crippen molar-refractivity contribution in [3.05, 3.63) is 52.4 Å². The molecule has 0 aliphatic carbocycles. The van der Waals surface area contributed by atoms with Crippen LogP contribution in [0.5, 0.6) is 0 Å². The fourth-order valence-corrected chi connectivity index (χ4v) is 2.26. The zero-order valence-corrected chi connectivity index (χ0v) is 12.2. The quantitative estimate of drug-likeness (QED) is 0.827. The Morgan fingerprint density at radius 2 is 1.90 bits per heavy atom. The van der Waals surface area contributed by atoms with Gasteiger partial charge in [-0.2, -0.15) is 0 Å². The number of carbonyl (C=O) groups is 2. The van der Waals surface area contributed by atoms with Gasteiger partial charge in [0.05, 0.1) is 11.3 Å². The van der Waals surface area contributed by atoms with Gasteiger partial charge in [-0.3, -0.25) is 9.59 Å². The van der Waals surface area contributed by atoms with E-state index in [1.165, 1.54) is 6.92 Å². The Bertz CT molecular complexity index is 657. The molecule has 2 N–H and O–H groups in total. The molecular weight excluding hydrogens is 268 g/mol. The van der Waals surface area contributed by atoms with E-state index in [4.69, 9.17) is 10.3 Å². The van der Waals surface area contributed by atoms with Crippen molar-refractivity contribution in [3.8, 4) is 0 Å². The maximum atomic E-state index is 11.8. The van der Waals surface area contributed by atoms with Gasteiger partial charge in [-0.25, -0.2) is 0 Å². The molecule has 5 nitrogen and oxygen atoms in total. The highest BCUT2D eigenvalue weighted by molar-refractivity contribution is 5.96. The number of nitrogens with two attached hydrogens (primary N) is 1. The van der Waals surface area contributed by atoms with E-state index < -0.39 is 5.91 Å². The first kappa shape index (κ1) is 15.0. The number of ketones is 1. The first-order valence-electron chi connectivity index (χ1n) is 6.90. The monoisotopic (exact) mass is 286 g/mol. The summed E-state index contributed by atoms with van der Waals surface area (Å²) >= 11 is 0. The molecule has 0 bridgehead atoms. The van der Waals surface area contributed by atoms with Crippen LogP contribution >= 0.6 is 0 Å². The summed E-state index contributed by atoms with van der Waals surface area (Å²) in [6.07, 6.45) is 2.09. The van der Waals surface area contributed by atoms with Gasteiger partial charge >= 0.3 is 0 Å². The molecule has 110 valence electrons. The number of amides is 1. The summed E-state index contributed by atoms with van der Waals surface area (Å²) in [7, 11) is 0. The predicted molar refractivity (Wildman–Crippen MR) is 78.3 cm³/mol. The number of nitrogens with zero attached hydrogens (tertiary/aromatic N) is 1. The van der Waals surface area contributed by atoms with Crippen LogP contribution in [0, 0.1) is 0 Å². The second kappa shape index (κ2) is 6.35. The molecule has 0 atom stereocenters. The van der Waals surface area contributed by atoms with Gasteiger partial charge in [0.1, 0.15) is 0 Å². The standard InChI is InChI=1S/C16H18N2O3/c1-3-4-13-15(10(2)19)14(21-18-13)9-11-5-7-12(8-6-11)16(17)20/h5-8H,3-4,9H2,1-2H3,(H2,17,20). The van der Waals surface area contributed by atoms with Gasteiger partial charge in [0.25, 0.3) is 0 Å². The molecule has 0 saturated heterocycles. The first-order chi connectivity index (χ1) is 10.0. The minimum atomic E-state index is -0.462. The highest BCUT2D eigenvalue weighted by atomic mass is 16.5. The summed E-state index contributed by atoms with van der Waals surface area (Å²) in [6.45, 7) is 3.55. The minimum absolute atomic E-state index is 0.0385. The van der Waals surface area contributed by atoms with Gasteiger partial charge in [0, 0.05) is 12.0 Å². The summed E-state index contributed by atoms with van der Waals surface area (Å²) in [6, 6.07) is 6.92. The Balaban J connectivity index is 2.26. The molecule has 0 aliphatic heterocycles. The Labute approximate surface area is 123 Å². The Kier molecular flexibility index (Phi) is 4.52. The third-order valence-electron chi connectivity index (χ3n) is 3.28. The van der Waals surface area contributed by atoms with Crippen molar-refractivity contribution in [2.24, 2.45) is 5.73 Å². The maximum absolute atomic E-state index is 11.8. The lowest BCUT2D eigenvalue weighted by Crippen LogP contribution is -2.10. The number of carbonyl (C=O) groups excluding carboxylic acids is 2. The molecule has 1 heterocycles. The molecule has 2 rings (SSSR count). The van der Waals surface area contributed by atoms with E-state index in [0.29, 0.717) is 29.0 Å². The van der Waals surface area contributed by atoms with Crippen molar-refractivity contribution < 1.29 is 14.1 Å². The molecule has 2 aromatic rings. The van der Waals surface area contributed by atoms with Crippen molar-refractivity contribution in [1.82, 2.24) is 5.16 Å². The van der Waals surface area contributed by atoms with E-state index in [0.717, 1.165) is 18.4 Å². The number of hydrogen-bond donors (Lipinski definition) is 1. The highest BCUT2D eigenvalue weighted by Gasteiger charge is 2.19. The first-order valence-corrected chi connectivity index (χ1v) is 6.90. The van der Waals surface area contributed by atoms with E-state index in [2.05, 4.69) is 5.16 Å². The van der Waals surface area contributed by atoms with Gasteiger partial charge in [-0.05, 0) is 31.0 Å². The fourth-order valence-electron chi connectivity index (χ4n) is 2.26. The Hall–Kier alpha value is -2.43. The van der Waals surface area contributed by atoms with Crippen LogP contribution in [0.15, 0.2) is 28.8 Å². The van der Waals surface area contributed by atoms with Crippen LogP contribution < -0.4 is 5.73 Å². The van der Waals surface area contributed by atoms with E-state index in [9.17, 15) is 9.59 Å². The topological polar surface area (TPSA) is 86.2 Å². The lowest BCUT2D eigenvalue weighted by Gasteiger charge is -2.02. The molecule has 0 unspecified atom stereocenters. The van der Waals surface area contributed by atoms with Crippen LogP contribution in [0.25, 0.3) is 0 Å². The summed E-state index contributed by atoms with van der Waals surface area (Å²) < 4.78 is 5.33. The van der Waals surface area contributed by atoms with Crippen molar-refractivity contribution in [2.75, 3.05) is 0 Å². The molecular formula is C16H18N2O3. The van der Waals surface area contributed by atoms with E-state index in [1.807, 2.05) is 6.92 Å². The number of benzene rings is 1. The van der Waals surface area contributed by atoms with Crippen LogP contribution in [0.3, 0.4) is 0 Å². The molecule has 0 saturated carbocycles. The van der Waals surface area contributed by atoms with E-state index in [-0.39, 0.29) is 5.78 Å². The smallest absolute Gasteiger partial charge is 0.248 e. The van der Waals surface area contributed by atoms with Crippen LogP contribution in [-0.2, 0) is 12.8 Å². The SMILES string of the molecule is CCCc1noc(Cc2ccc(C(N)=O)cc2)c1C(C)=O. The zero-order chi connectivity index (χ0) is 15.4. The van der Waals surface area contributed by atoms with Crippen molar-refractivity contribution in [1.29, 1.82) is 0 Å². The zero-order valence-electron chi connectivity index (χ0n) is 12.2. The number of aromatic nitrogens is 1. The maximum Gasteiger partial charge on any atom is 0.248 e. The number of hydrogen-bond acceptors (Lipinski definition) is 4. The van der Waals surface area contributed by atoms with Crippen LogP contribution in [0.1, 0.15) is 58.0 Å². The third kappa shape index (κ3) is 3.37. The second-order valence-electron chi connectivity index (χ2n) is 4.97. The molecule has 21 heavy (non-hydrogen) atoms. The molecule has 1 aromatic heterocycles. The van der Waals surface area contributed by atoms with Gasteiger partial charge < -0.3 is 10.3 Å². The summed E-state index contributed by atoms with van der Waals surface area (Å²) in [5.74, 6) is 0.0668. The molecule has 0 aliphatic rings. The highest BCUT2D eigenvalue weighted by Crippen LogP contribution is 2.20. The average molecular weight is 286 g/mol. The van der Waals surface area contributed by atoms with Crippen LogP contribution in [-0.4, -0.2) is 16.8 Å². The van der Waals surface area contributed by atoms with Gasteiger partial charge in [-0.15, -0.1) is 0 Å². The minimum Gasteiger partial charge on any atom is -0.366 e. The average Bonchev–Trinajstić information content (AvgIpc) is 2.82. The molecule has 5 heteroatoms. The summed E-state index contributed by atoms with van der Waals surface area (Å²) in [5.41, 5.74) is 7.89. The van der Waals surface area contributed by atoms with Crippen molar-refractivity contribution in [2.45, 2.75) is 33.1 Å². The van der Waals surface area contributed by atoms with E-state index in [1.54, 1.807) is 24.3 Å². The molecule has 1 aromatic carbocycles. The Morgan fingerprint density at radius 3 is 2.43 bits per heavy atom. The normalized spacial score (nSPS) is 10.6.